The fourth-order valence-corrected chi connectivity index (χ4v) is 2.64. The average Bonchev–Trinajstić information content (AvgIpc) is 2.49. The van der Waals surface area contributed by atoms with Gasteiger partial charge in [0, 0.05) is 25.7 Å². The van der Waals surface area contributed by atoms with Crippen molar-refractivity contribution in [1.29, 1.82) is 0 Å². The zero-order valence-electron chi connectivity index (χ0n) is 13.3. The molecule has 5 heteroatoms. The van der Waals surface area contributed by atoms with Crippen molar-refractivity contribution < 1.29 is 0 Å². The largest absolute Gasteiger partial charge is 0.370 e. The second kappa shape index (κ2) is 8.17. The van der Waals surface area contributed by atoms with Crippen LogP contribution in [0.1, 0.15) is 39.5 Å². The van der Waals surface area contributed by atoms with E-state index in [0.29, 0.717) is 6.54 Å². The van der Waals surface area contributed by atoms with Crippen molar-refractivity contribution in [3.63, 3.8) is 0 Å². The third kappa shape index (κ3) is 4.84. The summed E-state index contributed by atoms with van der Waals surface area (Å²) in [5.41, 5.74) is 0.977. The van der Waals surface area contributed by atoms with Crippen LogP contribution in [-0.2, 0) is 6.54 Å². The first-order valence-electron chi connectivity index (χ1n) is 8.23. The van der Waals surface area contributed by atoms with E-state index in [-0.39, 0.29) is 5.56 Å². The fourth-order valence-electron chi connectivity index (χ4n) is 2.64. The first-order valence-corrected chi connectivity index (χ1v) is 8.23. The van der Waals surface area contributed by atoms with Gasteiger partial charge in [0.05, 0.1) is 18.4 Å². The van der Waals surface area contributed by atoms with E-state index in [1.807, 2.05) is 6.20 Å². The molecule has 1 aliphatic rings. The Morgan fingerprint density at radius 3 is 2.76 bits per heavy atom. The van der Waals surface area contributed by atoms with Gasteiger partial charge in [-0.25, -0.2) is 4.68 Å². The number of unbranched alkanes of at least 4 members (excludes halogenated alkanes) is 1. The molecule has 0 unspecified atom stereocenters. The lowest BCUT2D eigenvalue weighted by Crippen LogP contribution is -2.35. The number of hydrogen-bond acceptors (Lipinski definition) is 4. The van der Waals surface area contributed by atoms with E-state index < -0.39 is 0 Å². The standard InChI is InChI=1S/C16H28N4O/c1-3-4-7-17-8-11-20-16(21)12-15(13-18-20)19-9-5-14(2)6-10-19/h12-14,17H,3-11H2,1-2H3. The highest BCUT2D eigenvalue weighted by Gasteiger charge is 2.16. The highest BCUT2D eigenvalue weighted by molar-refractivity contribution is 5.43. The molecule has 0 spiro atoms. The Morgan fingerprint density at radius 2 is 2.10 bits per heavy atom. The van der Waals surface area contributed by atoms with Gasteiger partial charge < -0.3 is 10.2 Å². The van der Waals surface area contributed by atoms with Crippen molar-refractivity contribution in [2.24, 2.45) is 5.92 Å². The van der Waals surface area contributed by atoms with Crippen molar-refractivity contribution >= 4 is 5.69 Å². The summed E-state index contributed by atoms with van der Waals surface area (Å²) in [4.78, 5) is 14.4. The minimum Gasteiger partial charge on any atom is -0.370 e. The molecule has 0 aliphatic carbocycles. The van der Waals surface area contributed by atoms with E-state index in [9.17, 15) is 4.79 Å². The number of hydrogen-bond donors (Lipinski definition) is 1. The molecular weight excluding hydrogens is 264 g/mol. The van der Waals surface area contributed by atoms with E-state index in [0.717, 1.165) is 37.8 Å². The minimum absolute atomic E-state index is 0.00316. The van der Waals surface area contributed by atoms with Gasteiger partial charge in [-0.15, -0.1) is 0 Å². The molecule has 1 aromatic rings. The first-order chi connectivity index (χ1) is 10.2. The van der Waals surface area contributed by atoms with Crippen LogP contribution in [0.5, 0.6) is 0 Å². The number of aromatic nitrogens is 2. The summed E-state index contributed by atoms with van der Waals surface area (Å²) in [5, 5.41) is 7.65. The zero-order chi connectivity index (χ0) is 15.1. The molecular formula is C16H28N4O. The number of rotatable bonds is 7. The molecule has 1 fully saturated rings. The predicted octanol–water partition coefficient (Wildman–Crippen LogP) is 1.87. The van der Waals surface area contributed by atoms with Crippen molar-refractivity contribution in [2.75, 3.05) is 31.1 Å². The van der Waals surface area contributed by atoms with E-state index in [1.165, 1.54) is 25.7 Å². The Kier molecular flexibility index (Phi) is 6.23. The van der Waals surface area contributed by atoms with Crippen LogP contribution >= 0.6 is 0 Å². The van der Waals surface area contributed by atoms with Gasteiger partial charge in [-0.1, -0.05) is 20.3 Å². The summed E-state index contributed by atoms with van der Waals surface area (Å²) >= 11 is 0. The molecule has 1 aliphatic heterocycles. The van der Waals surface area contributed by atoms with Gasteiger partial charge in [-0.05, 0) is 31.7 Å². The molecule has 0 aromatic carbocycles. The van der Waals surface area contributed by atoms with Crippen LogP contribution in [-0.4, -0.2) is 36.0 Å². The van der Waals surface area contributed by atoms with Crippen molar-refractivity contribution in [2.45, 2.75) is 46.1 Å². The molecule has 1 aromatic heterocycles. The number of nitrogens with one attached hydrogen (secondary N) is 1. The fraction of sp³-hybridized carbons (Fsp3) is 0.750. The molecule has 21 heavy (non-hydrogen) atoms. The summed E-state index contributed by atoms with van der Waals surface area (Å²) in [6.45, 7) is 8.98. The lowest BCUT2D eigenvalue weighted by molar-refractivity contribution is 0.437. The van der Waals surface area contributed by atoms with E-state index in [2.05, 4.69) is 29.2 Å². The van der Waals surface area contributed by atoms with Gasteiger partial charge in [0.1, 0.15) is 0 Å². The summed E-state index contributed by atoms with van der Waals surface area (Å²) in [6.07, 6.45) is 6.60. The third-order valence-corrected chi connectivity index (χ3v) is 4.21. The van der Waals surface area contributed by atoms with Gasteiger partial charge in [-0.2, -0.15) is 5.10 Å². The molecule has 0 saturated carbocycles. The maximum Gasteiger partial charge on any atom is 0.268 e. The van der Waals surface area contributed by atoms with E-state index in [4.69, 9.17) is 0 Å². The van der Waals surface area contributed by atoms with Crippen LogP contribution < -0.4 is 15.8 Å². The molecule has 1 saturated heterocycles. The summed E-state index contributed by atoms with van der Waals surface area (Å²) in [6, 6.07) is 1.73. The molecule has 2 rings (SSSR count). The topological polar surface area (TPSA) is 50.2 Å². The van der Waals surface area contributed by atoms with Gasteiger partial charge in [0.25, 0.3) is 5.56 Å². The van der Waals surface area contributed by atoms with Crippen LogP contribution in [0, 0.1) is 5.92 Å². The van der Waals surface area contributed by atoms with Crippen LogP contribution in [0.25, 0.3) is 0 Å². The summed E-state index contributed by atoms with van der Waals surface area (Å²) in [7, 11) is 0. The lowest BCUT2D eigenvalue weighted by atomic mass is 9.99. The van der Waals surface area contributed by atoms with E-state index >= 15 is 0 Å². The number of nitrogens with zero attached hydrogens (tertiary/aromatic N) is 3. The summed E-state index contributed by atoms with van der Waals surface area (Å²) < 4.78 is 1.55. The molecule has 0 radical (unpaired) electrons. The first kappa shape index (κ1) is 16.0. The lowest BCUT2D eigenvalue weighted by Gasteiger charge is -2.31. The Bertz CT molecular complexity index is 477. The van der Waals surface area contributed by atoms with Gasteiger partial charge in [-0.3, -0.25) is 4.79 Å². The molecule has 118 valence electrons. The van der Waals surface area contributed by atoms with Crippen molar-refractivity contribution in [3.05, 3.63) is 22.6 Å². The van der Waals surface area contributed by atoms with Crippen molar-refractivity contribution in [3.8, 4) is 0 Å². The number of piperidine rings is 1. The molecule has 0 amide bonds. The highest BCUT2D eigenvalue weighted by atomic mass is 16.1. The van der Waals surface area contributed by atoms with Crippen LogP contribution in [0.4, 0.5) is 5.69 Å². The second-order valence-corrected chi connectivity index (χ2v) is 6.05. The minimum atomic E-state index is 0.00316. The smallest absolute Gasteiger partial charge is 0.268 e. The van der Waals surface area contributed by atoms with Crippen LogP contribution in [0.2, 0.25) is 0 Å². The third-order valence-electron chi connectivity index (χ3n) is 4.21. The zero-order valence-corrected chi connectivity index (χ0v) is 13.3. The average molecular weight is 292 g/mol. The Balaban J connectivity index is 1.87. The van der Waals surface area contributed by atoms with Crippen LogP contribution in [0.3, 0.4) is 0 Å². The molecule has 5 nitrogen and oxygen atoms in total. The maximum atomic E-state index is 12.1. The molecule has 1 N–H and O–H groups in total. The van der Waals surface area contributed by atoms with Gasteiger partial charge >= 0.3 is 0 Å². The van der Waals surface area contributed by atoms with Gasteiger partial charge in [0.2, 0.25) is 0 Å². The Labute approximate surface area is 127 Å². The molecule has 2 heterocycles. The predicted molar refractivity (Wildman–Crippen MR) is 86.9 cm³/mol. The maximum absolute atomic E-state index is 12.1. The second-order valence-electron chi connectivity index (χ2n) is 6.05. The van der Waals surface area contributed by atoms with Gasteiger partial charge in [0.15, 0.2) is 0 Å². The van der Waals surface area contributed by atoms with Crippen molar-refractivity contribution in [1.82, 2.24) is 15.1 Å². The monoisotopic (exact) mass is 292 g/mol. The Hall–Kier alpha value is -1.36. The van der Waals surface area contributed by atoms with E-state index in [1.54, 1.807) is 10.7 Å². The highest BCUT2D eigenvalue weighted by Crippen LogP contribution is 2.20. The SMILES string of the molecule is CCCCNCCn1ncc(N2CCC(C)CC2)cc1=O. The van der Waals surface area contributed by atoms with Crippen LogP contribution in [0.15, 0.2) is 17.1 Å². The molecule has 0 bridgehead atoms. The normalized spacial score (nSPS) is 16.4. The number of anilines is 1. The quantitative estimate of drug-likeness (QED) is 0.780. The molecule has 0 atom stereocenters. The Morgan fingerprint density at radius 1 is 1.33 bits per heavy atom. The summed E-state index contributed by atoms with van der Waals surface area (Å²) in [5.74, 6) is 0.795.